The van der Waals surface area contributed by atoms with Crippen LogP contribution in [0.25, 0.3) is 16.9 Å². The van der Waals surface area contributed by atoms with E-state index in [0.29, 0.717) is 5.69 Å². The van der Waals surface area contributed by atoms with Crippen LogP contribution in [0.2, 0.25) is 0 Å². The van der Waals surface area contributed by atoms with Crippen molar-refractivity contribution >= 4 is 22.9 Å². The van der Waals surface area contributed by atoms with Crippen molar-refractivity contribution in [3.05, 3.63) is 81.7 Å². The highest BCUT2D eigenvalue weighted by Gasteiger charge is 2.18. The van der Waals surface area contributed by atoms with Gasteiger partial charge in [-0.05, 0) is 57.2 Å². The van der Waals surface area contributed by atoms with Gasteiger partial charge in [0.1, 0.15) is 5.82 Å². The van der Waals surface area contributed by atoms with E-state index in [4.69, 9.17) is 0 Å². The Morgan fingerprint density at radius 1 is 1.07 bits per heavy atom. The molecular formula is C23H21FN4OS. The van der Waals surface area contributed by atoms with Gasteiger partial charge >= 0.3 is 0 Å². The lowest BCUT2D eigenvalue weighted by molar-refractivity contribution is -0.115. The van der Waals surface area contributed by atoms with Gasteiger partial charge in [0.2, 0.25) is 5.91 Å². The van der Waals surface area contributed by atoms with Gasteiger partial charge < -0.3 is 5.32 Å². The summed E-state index contributed by atoms with van der Waals surface area (Å²) in [6.45, 7) is 5.71. The maximum Gasteiger partial charge on any atom is 0.229 e. The zero-order valence-corrected chi connectivity index (χ0v) is 17.8. The molecule has 1 N–H and O–H groups in total. The molecule has 0 saturated heterocycles. The van der Waals surface area contributed by atoms with E-state index >= 15 is 0 Å². The number of aryl methyl sites for hydroxylation is 2. The smallest absolute Gasteiger partial charge is 0.229 e. The third kappa shape index (κ3) is 4.02. The first-order chi connectivity index (χ1) is 14.4. The van der Waals surface area contributed by atoms with Gasteiger partial charge in [-0.2, -0.15) is 5.10 Å². The standard InChI is InChI=1S/C23H21FN4OS/c1-14-22(15(2)28(27-14)19-7-5-4-6-8-19)26-21(29)13-20-23(25-16(3)30-20)17-9-11-18(24)12-10-17/h4-12H,13H2,1-3H3,(H,26,29). The average Bonchev–Trinajstić information content (AvgIpc) is 3.23. The van der Waals surface area contributed by atoms with Gasteiger partial charge in [-0.15, -0.1) is 11.3 Å². The zero-order valence-electron chi connectivity index (χ0n) is 16.9. The summed E-state index contributed by atoms with van der Waals surface area (Å²) in [5, 5.41) is 8.45. The van der Waals surface area contributed by atoms with Gasteiger partial charge in [0.05, 0.1) is 39.9 Å². The van der Waals surface area contributed by atoms with E-state index in [1.165, 1.54) is 23.5 Å². The Hall–Kier alpha value is -3.32. The Labute approximate surface area is 178 Å². The number of hydrogen-bond donors (Lipinski definition) is 1. The summed E-state index contributed by atoms with van der Waals surface area (Å²) in [7, 11) is 0. The van der Waals surface area contributed by atoms with Gasteiger partial charge in [-0.3, -0.25) is 4.79 Å². The Morgan fingerprint density at radius 2 is 1.77 bits per heavy atom. The number of carbonyl (C=O) groups is 1. The van der Waals surface area contributed by atoms with Crippen LogP contribution in [-0.4, -0.2) is 20.7 Å². The van der Waals surface area contributed by atoms with Crippen LogP contribution in [-0.2, 0) is 11.2 Å². The summed E-state index contributed by atoms with van der Waals surface area (Å²) in [5.74, 6) is -0.438. The third-order valence-corrected chi connectivity index (χ3v) is 5.77. The summed E-state index contributed by atoms with van der Waals surface area (Å²) in [5.41, 5.74) is 4.80. The fourth-order valence-corrected chi connectivity index (χ4v) is 4.35. The van der Waals surface area contributed by atoms with E-state index in [0.717, 1.165) is 38.2 Å². The lowest BCUT2D eigenvalue weighted by Crippen LogP contribution is -2.15. The molecule has 0 saturated carbocycles. The van der Waals surface area contributed by atoms with Crippen molar-refractivity contribution in [2.24, 2.45) is 0 Å². The molecule has 2 aromatic carbocycles. The second-order valence-electron chi connectivity index (χ2n) is 7.03. The van der Waals surface area contributed by atoms with E-state index in [1.807, 2.05) is 55.8 Å². The first kappa shape index (κ1) is 20.0. The molecule has 4 rings (SSSR count). The number of nitrogens with zero attached hydrogens (tertiary/aromatic N) is 3. The SMILES string of the molecule is Cc1nc(-c2ccc(F)cc2)c(CC(=O)Nc2c(C)nn(-c3ccccc3)c2C)s1. The molecule has 0 spiro atoms. The van der Waals surface area contributed by atoms with Gasteiger partial charge in [0.15, 0.2) is 0 Å². The molecule has 0 fully saturated rings. The van der Waals surface area contributed by atoms with E-state index in [9.17, 15) is 9.18 Å². The van der Waals surface area contributed by atoms with Crippen LogP contribution in [0.1, 0.15) is 21.3 Å². The molecule has 1 amide bonds. The number of aromatic nitrogens is 3. The lowest BCUT2D eigenvalue weighted by Gasteiger charge is -2.07. The van der Waals surface area contributed by atoms with E-state index in [2.05, 4.69) is 15.4 Å². The molecule has 0 aliphatic rings. The zero-order chi connectivity index (χ0) is 21.3. The van der Waals surface area contributed by atoms with Crippen LogP contribution >= 0.6 is 11.3 Å². The maximum absolute atomic E-state index is 13.3. The van der Waals surface area contributed by atoms with Crippen molar-refractivity contribution < 1.29 is 9.18 Å². The molecule has 30 heavy (non-hydrogen) atoms. The van der Waals surface area contributed by atoms with Crippen molar-refractivity contribution in [1.82, 2.24) is 14.8 Å². The van der Waals surface area contributed by atoms with Crippen molar-refractivity contribution in [3.8, 4) is 16.9 Å². The number of anilines is 1. The van der Waals surface area contributed by atoms with Gasteiger partial charge in [0, 0.05) is 10.4 Å². The average molecular weight is 421 g/mol. The number of benzene rings is 2. The molecule has 0 atom stereocenters. The van der Waals surface area contributed by atoms with Crippen molar-refractivity contribution in [1.29, 1.82) is 0 Å². The highest BCUT2D eigenvalue weighted by Crippen LogP contribution is 2.29. The van der Waals surface area contributed by atoms with Crippen molar-refractivity contribution in [3.63, 3.8) is 0 Å². The molecule has 4 aromatic rings. The minimum atomic E-state index is -0.300. The van der Waals surface area contributed by atoms with Crippen LogP contribution < -0.4 is 5.32 Å². The lowest BCUT2D eigenvalue weighted by atomic mass is 10.1. The topological polar surface area (TPSA) is 59.8 Å². The van der Waals surface area contributed by atoms with E-state index in [-0.39, 0.29) is 18.1 Å². The summed E-state index contributed by atoms with van der Waals surface area (Å²) >= 11 is 1.48. The Kier molecular flexibility index (Phi) is 5.46. The molecular weight excluding hydrogens is 399 g/mol. The number of rotatable bonds is 5. The molecule has 0 unspecified atom stereocenters. The number of carbonyl (C=O) groups excluding carboxylic acids is 1. The van der Waals surface area contributed by atoms with Crippen LogP contribution in [0, 0.1) is 26.6 Å². The Bertz CT molecular complexity index is 1200. The first-order valence-corrected chi connectivity index (χ1v) is 10.4. The van der Waals surface area contributed by atoms with Crippen LogP contribution in [0.3, 0.4) is 0 Å². The van der Waals surface area contributed by atoms with Gasteiger partial charge in [0.25, 0.3) is 0 Å². The molecule has 152 valence electrons. The monoisotopic (exact) mass is 420 g/mol. The number of nitrogens with one attached hydrogen (secondary N) is 1. The fraction of sp³-hybridized carbons (Fsp3) is 0.174. The molecule has 5 nitrogen and oxygen atoms in total. The van der Waals surface area contributed by atoms with Gasteiger partial charge in [-0.1, -0.05) is 18.2 Å². The van der Waals surface area contributed by atoms with E-state index < -0.39 is 0 Å². The molecule has 0 bridgehead atoms. The fourth-order valence-electron chi connectivity index (χ4n) is 3.40. The quantitative estimate of drug-likeness (QED) is 0.480. The highest BCUT2D eigenvalue weighted by molar-refractivity contribution is 7.12. The predicted octanol–water partition coefficient (Wildman–Crippen LogP) is 5.24. The number of para-hydroxylation sites is 1. The summed E-state index contributed by atoms with van der Waals surface area (Å²) in [4.78, 5) is 18.2. The third-order valence-electron chi connectivity index (χ3n) is 4.80. The summed E-state index contributed by atoms with van der Waals surface area (Å²) < 4.78 is 15.1. The number of hydrogen-bond acceptors (Lipinski definition) is 4. The summed E-state index contributed by atoms with van der Waals surface area (Å²) in [6, 6.07) is 16.0. The number of amides is 1. The second-order valence-corrected chi connectivity index (χ2v) is 8.32. The Balaban J connectivity index is 1.57. The first-order valence-electron chi connectivity index (χ1n) is 9.56. The predicted molar refractivity (Wildman–Crippen MR) is 118 cm³/mol. The van der Waals surface area contributed by atoms with Crippen molar-refractivity contribution in [2.45, 2.75) is 27.2 Å². The Morgan fingerprint density at radius 3 is 2.47 bits per heavy atom. The molecule has 2 heterocycles. The second kappa shape index (κ2) is 8.20. The van der Waals surface area contributed by atoms with Crippen LogP contribution in [0.15, 0.2) is 54.6 Å². The minimum absolute atomic E-state index is 0.138. The molecule has 2 aromatic heterocycles. The number of halogens is 1. The van der Waals surface area contributed by atoms with Gasteiger partial charge in [-0.25, -0.2) is 14.1 Å². The van der Waals surface area contributed by atoms with Crippen LogP contribution in [0.5, 0.6) is 0 Å². The molecule has 0 aliphatic heterocycles. The van der Waals surface area contributed by atoms with Crippen molar-refractivity contribution in [2.75, 3.05) is 5.32 Å². The number of thiazole rings is 1. The highest BCUT2D eigenvalue weighted by atomic mass is 32.1. The molecule has 7 heteroatoms. The maximum atomic E-state index is 13.3. The largest absolute Gasteiger partial charge is 0.323 e. The minimum Gasteiger partial charge on any atom is -0.323 e. The van der Waals surface area contributed by atoms with Crippen LogP contribution in [0.4, 0.5) is 10.1 Å². The normalized spacial score (nSPS) is 10.9. The molecule has 0 radical (unpaired) electrons. The van der Waals surface area contributed by atoms with E-state index in [1.54, 1.807) is 12.1 Å². The molecule has 0 aliphatic carbocycles. The summed E-state index contributed by atoms with van der Waals surface area (Å²) in [6.07, 6.45) is 0.188.